The van der Waals surface area contributed by atoms with Gasteiger partial charge in [0.25, 0.3) is 0 Å². The minimum atomic E-state index is -0.779. The Morgan fingerprint density at radius 3 is 2.86 bits per heavy atom. The highest BCUT2D eigenvalue weighted by Gasteiger charge is 2.43. The van der Waals surface area contributed by atoms with Gasteiger partial charge in [-0.05, 0) is 25.0 Å². The van der Waals surface area contributed by atoms with E-state index in [4.69, 9.17) is 5.73 Å². The van der Waals surface area contributed by atoms with Gasteiger partial charge in [0.05, 0.1) is 0 Å². The van der Waals surface area contributed by atoms with E-state index in [2.05, 4.69) is 5.32 Å². The largest absolute Gasteiger partial charge is 0.398 e. The second-order valence-electron chi connectivity index (χ2n) is 5.47. The maximum atomic E-state index is 12.3. The van der Waals surface area contributed by atoms with Gasteiger partial charge in [-0.25, -0.2) is 0 Å². The van der Waals surface area contributed by atoms with Gasteiger partial charge in [0, 0.05) is 24.2 Å². The van der Waals surface area contributed by atoms with Gasteiger partial charge in [-0.1, -0.05) is 12.1 Å². The monoisotopic (exact) mass is 287 g/mol. The van der Waals surface area contributed by atoms with E-state index in [0.29, 0.717) is 24.2 Å². The lowest BCUT2D eigenvalue weighted by Crippen LogP contribution is -2.61. The molecule has 1 aromatic carbocycles. The van der Waals surface area contributed by atoms with Crippen molar-refractivity contribution >= 4 is 23.3 Å². The lowest BCUT2D eigenvalue weighted by molar-refractivity contribution is -0.146. The van der Waals surface area contributed by atoms with Gasteiger partial charge in [0.2, 0.25) is 11.8 Å². The molecule has 0 aromatic heterocycles. The molecule has 2 saturated heterocycles. The van der Waals surface area contributed by atoms with Crippen molar-refractivity contribution in [3.63, 3.8) is 0 Å². The number of carbonyl (C=O) groups excluding carboxylic acids is 3. The Labute approximate surface area is 122 Å². The van der Waals surface area contributed by atoms with Crippen molar-refractivity contribution in [1.29, 1.82) is 0 Å². The molecule has 0 aliphatic carbocycles. The van der Waals surface area contributed by atoms with Gasteiger partial charge in [-0.2, -0.15) is 0 Å². The van der Waals surface area contributed by atoms with E-state index in [1.807, 2.05) is 0 Å². The van der Waals surface area contributed by atoms with Crippen LogP contribution < -0.4 is 11.1 Å². The first-order valence-electron chi connectivity index (χ1n) is 7.06. The smallest absolute Gasteiger partial charge is 0.246 e. The van der Waals surface area contributed by atoms with Crippen molar-refractivity contribution < 1.29 is 14.4 Å². The van der Waals surface area contributed by atoms with Crippen molar-refractivity contribution in [2.75, 3.05) is 12.3 Å². The number of hydrogen-bond acceptors (Lipinski definition) is 4. The molecule has 0 saturated carbocycles. The predicted octanol–water partition coefficient (Wildman–Crippen LogP) is 0.331. The van der Waals surface area contributed by atoms with Crippen molar-refractivity contribution in [2.45, 2.75) is 31.3 Å². The third kappa shape index (κ3) is 2.37. The molecule has 0 unspecified atom stereocenters. The maximum absolute atomic E-state index is 12.3. The molecule has 2 heterocycles. The number of anilines is 1. The van der Waals surface area contributed by atoms with Gasteiger partial charge in [0.1, 0.15) is 12.1 Å². The number of fused-ring (bicyclic) bond motifs is 1. The SMILES string of the molecule is Nc1ccccc1C(=O)C[C@@H]1NC(=O)[C@@H]2CCCN2C1=O. The van der Waals surface area contributed by atoms with Gasteiger partial charge in [0.15, 0.2) is 5.78 Å². The summed E-state index contributed by atoms with van der Waals surface area (Å²) in [6.45, 7) is 0.592. The number of hydrogen-bond donors (Lipinski definition) is 2. The molecule has 2 aliphatic heterocycles. The summed E-state index contributed by atoms with van der Waals surface area (Å²) in [5, 5.41) is 2.67. The van der Waals surface area contributed by atoms with Crippen LogP contribution in [-0.4, -0.2) is 41.1 Å². The number of amides is 2. The first-order valence-corrected chi connectivity index (χ1v) is 7.06. The number of ketones is 1. The number of nitrogens with two attached hydrogens (primary N) is 1. The van der Waals surface area contributed by atoms with Crippen LogP contribution in [0.1, 0.15) is 29.6 Å². The molecule has 2 atom stereocenters. The lowest BCUT2D eigenvalue weighted by Gasteiger charge is -2.34. The number of rotatable bonds is 3. The van der Waals surface area contributed by atoms with E-state index in [-0.39, 0.29) is 30.1 Å². The fourth-order valence-corrected chi connectivity index (χ4v) is 3.02. The molecule has 1 aromatic rings. The van der Waals surface area contributed by atoms with Crippen molar-refractivity contribution in [2.24, 2.45) is 0 Å². The third-order valence-corrected chi connectivity index (χ3v) is 4.10. The zero-order chi connectivity index (χ0) is 15.0. The number of nitrogens with zero attached hydrogens (tertiary/aromatic N) is 1. The van der Waals surface area contributed by atoms with E-state index >= 15 is 0 Å². The quantitative estimate of drug-likeness (QED) is 0.619. The fraction of sp³-hybridized carbons (Fsp3) is 0.400. The zero-order valence-electron chi connectivity index (χ0n) is 11.5. The summed E-state index contributed by atoms with van der Waals surface area (Å²) in [6, 6.07) is 5.61. The molecule has 6 nitrogen and oxygen atoms in total. The maximum Gasteiger partial charge on any atom is 0.246 e. The Morgan fingerprint density at radius 2 is 2.10 bits per heavy atom. The van der Waals surface area contributed by atoms with Crippen LogP contribution in [0.2, 0.25) is 0 Å². The summed E-state index contributed by atoms with van der Waals surface area (Å²) in [4.78, 5) is 38.2. The molecule has 21 heavy (non-hydrogen) atoms. The molecule has 0 spiro atoms. The van der Waals surface area contributed by atoms with E-state index in [0.717, 1.165) is 6.42 Å². The normalized spacial score (nSPS) is 24.7. The summed E-state index contributed by atoms with van der Waals surface area (Å²) in [5.74, 6) is -0.560. The highest BCUT2D eigenvalue weighted by molar-refractivity contribution is 6.05. The third-order valence-electron chi connectivity index (χ3n) is 4.10. The predicted molar refractivity (Wildman–Crippen MR) is 76.5 cm³/mol. The number of carbonyl (C=O) groups is 3. The number of nitrogens with one attached hydrogen (secondary N) is 1. The summed E-state index contributed by atoms with van der Waals surface area (Å²) >= 11 is 0. The average Bonchev–Trinajstić information content (AvgIpc) is 2.95. The van der Waals surface area contributed by atoms with E-state index in [9.17, 15) is 14.4 Å². The Balaban J connectivity index is 1.76. The Morgan fingerprint density at radius 1 is 1.33 bits per heavy atom. The van der Waals surface area contributed by atoms with Gasteiger partial charge >= 0.3 is 0 Å². The molecular formula is C15H17N3O3. The molecule has 2 fully saturated rings. The zero-order valence-corrected chi connectivity index (χ0v) is 11.5. The second kappa shape index (κ2) is 5.20. The van der Waals surface area contributed by atoms with Crippen LogP contribution in [-0.2, 0) is 9.59 Å². The topological polar surface area (TPSA) is 92.5 Å². The van der Waals surface area contributed by atoms with Crippen molar-refractivity contribution in [3.8, 4) is 0 Å². The second-order valence-corrected chi connectivity index (χ2v) is 5.47. The van der Waals surface area contributed by atoms with Gasteiger partial charge in [-0.15, -0.1) is 0 Å². The van der Waals surface area contributed by atoms with E-state index in [1.54, 1.807) is 29.2 Å². The Hall–Kier alpha value is -2.37. The number of para-hydroxylation sites is 1. The van der Waals surface area contributed by atoms with Crippen LogP contribution in [0.15, 0.2) is 24.3 Å². The number of benzene rings is 1. The first-order chi connectivity index (χ1) is 10.1. The fourth-order valence-electron chi connectivity index (χ4n) is 3.02. The Bertz CT molecular complexity index is 614. The highest BCUT2D eigenvalue weighted by Crippen LogP contribution is 2.24. The molecule has 3 rings (SSSR count). The summed E-state index contributed by atoms with van der Waals surface area (Å²) in [5.41, 5.74) is 6.55. The van der Waals surface area contributed by atoms with Crippen LogP contribution >= 0.6 is 0 Å². The molecule has 6 heteroatoms. The highest BCUT2D eigenvalue weighted by atomic mass is 16.2. The van der Waals surface area contributed by atoms with E-state index in [1.165, 1.54) is 0 Å². The van der Waals surface area contributed by atoms with Crippen LogP contribution in [0.4, 0.5) is 5.69 Å². The van der Waals surface area contributed by atoms with Crippen LogP contribution in [0, 0.1) is 0 Å². The van der Waals surface area contributed by atoms with Crippen LogP contribution in [0.3, 0.4) is 0 Å². The molecule has 3 N–H and O–H groups in total. The molecular weight excluding hydrogens is 270 g/mol. The number of Topliss-reactive ketones (excluding diaryl/α,β-unsaturated/α-hetero) is 1. The molecule has 2 aliphatic rings. The minimum Gasteiger partial charge on any atom is -0.398 e. The average molecular weight is 287 g/mol. The lowest BCUT2D eigenvalue weighted by atomic mass is 9.99. The van der Waals surface area contributed by atoms with Gasteiger partial charge in [-0.3, -0.25) is 14.4 Å². The molecule has 2 amide bonds. The minimum absolute atomic E-state index is 0.0536. The Kier molecular flexibility index (Phi) is 3.37. The van der Waals surface area contributed by atoms with Crippen LogP contribution in [0.25, 0.3) is 0 Å². The summed E-state index contributed by atoms with van der Waals surface area (Å²) in [6.07, 6.45) is 1.47. The summed E-state index contributed by atoms with van der Waals surface area (Å²) in [7, 11) is 0. The van der Waals surface area contributed by atoms with E-state index < -0.39 is 6.04 Å². The summed E-state index contributed by atoms with van der Waals surface area (Å²) < 4.78 is 0. The van der Waals surface area contributed by atoms with Crippen LogP contribution in [0.5, 0.6) is 0 Å². The van der Waals surface area contributed by atoms with Crippen molar-refractivity contribution in [1.82, 2.24) is 10.2 Å². The molecule has 0 bridgehead atoms. The van der Waals surface area contributed by atoms with Crippen molar-refractivity contribution in [3.05, 3.63) is 29.8 Å². The number of nitrogen functional groups attached to an aromatic ring is 1. The molecule has 0 radical (unpaired) electrons. The molecule has 110 valence electrons. The first kappa shape index (κ1) is 13.6. The standard InChI is InChI=1S/C15H17N3O3/c16-10-5-2-1-4-9(10)13(19)8-11-15(21)18-7-3-6-12(18)14(20)17-11/h1-2,4-5,11-12H,3,6-8,16H2,(H,17,20)/t11-,12-/m0/s1. The number of piperazine rings is 1. The van der Waals surface area contributed by atoms with Gasteiger partial charge < -0.3 is 16.0 Å².